The van der Waals surface area contributed by atoms with E-state index in [1.165, 1.54) is 24.5 Å². The Morgan fingerprint density at radius 3 is 2.83 bits per heavy atom. The highest BCUT2D eigenvalue weighted by molar-refractivity contribution is 7.99. The number of thioether (sulfide) groups is 1. The van der Waals surface area contributed by atoms with Crippen LogP contribution in [0.15, 0.2) is 36.5 Å². The van der Waals surface area contributed by atoms with Gasteiger partial charge in [0.2, 0.25) is 0 Å². The van der Waals surface area contributed by atoms with Gasteiger partial charge in [-0.15, -0.1) is 0 Å². The topological polar surface area (TPSA) is 45.5 Å². The Morgan fingerprint density at radius 2 is 2.07 bits per heavy atom. The van der Waals surface area contributed by atoms with Gasteiger partial charge in [0.25, 0.3) is 0 Å². The van der Waals surface area contributed by atoms with Crippen LogP contribution < -0.4 is 10.8 Å². The van der Waals surface area contributed by atoms with Crippen molar-refractivity contribution in [1.29, 1.82) is 0 Å². The van der Waals surface area contributed by atoms with Gasteiger partial charge in [-0.3, -0.25) is 0 Å². The lowest BCUT2D eigenvalue weighted by Gasteiger charge is -2.32. The first-order valence-electron chi connectivity index (χ1n) is 10.8. The molecule has 0 saturated carbocycles. The maximum Gasteiger partial charge on any atom is 0.151 e. The molecule has 0 radical (unpaired) electrons. The summed E-state index contributed by atoms with van der Waals surface area (Å²) in [5.74, 6) is 3.48. The highest BCUT2D eigenvalue weighted by Gasteiger charge is 2.21. The number of nitrogens with one attached hydrogen (secondary N) is 1. The molecule has 2 aromatic heterocycles. The van der Waals surface area contributed by atoms with Crippen molar-refractivity contribution in [2.24, 2.45) is 0 Å². The quantitative estimate of drug-likeness (QED) is 0.429. The van der Waals surface area contributed by atoms with Crippen LogP contribution in [0.4, 0.5) is 5.82 Å². The van der Waals surface area contributed by atoms with Crippen LogP contribution in [0.25, 0.3) is 16.9 Å². The molecule has 8 heteroatoms. The van der Waals surface area contributed by atoms with Crippen molar-refractivity contribution in [3.8, 4) is 11.3 Å². The van der Waals surface area contributed by atoms with Gasteiger partial charge < -0.3 is 10.2 Å². The summed E-state index contributed by atoms with van der Waals surface area (Å²) >= 11 is 8.49. The Kier molecular flexibility index (Phi) is 7.23. The van der Waals surface area contributed by atoms with Crippen LogP contribution in [0.3, 0.4) is 0 Å². The van der Waals surface area contributed by atoms with E-state index in [0.717, 1.165) is 54.1 Å². The normalized spacial score (nSPS) is 15.7. The Hall–Kier alpha value is -1.70. The Labute approximate surface area is 189 Å². The lowest BCUT2D eigenvalue weighted by atomic mass is 10.0. The average Bonchev–Trinajstić information content (AvgIpc) is 3.14. The molecule has 1 saturated heterocycles. The molecule has 0 aliphatic carbocycles. The smallest absolute Gasteiger partial charge is 0.151 e. The van der Waals surface area contributed by atoms with E-state index in [4.69, 9.17) is 16.6 Å². The first kappa shape index (κ1) is 21.5. The predicted molar refractivity (Wildman–Crippen MR) is 132 cm³/mol. The Morgan fingerprint density at radius 1 is 1.27 bits per heavy atom. The number of halogens is 1. The molecule has 0 bridgehead atoms. The standard InChI is InChI=1S/C22H29BClN5S/c1-2-30-13-5-10-28-11-8-16(9-12-28)26-21-14-20(17-6-3-4-7-19(17)24)27-22-18(23)15-25-29(21)22/h3-4,6-7,14-16,26H,2,5,8-13,23H2,1H3. The Balaban J connectivity index is 1.49. The van der Waals surface area contributed by atoms with Gasteiger partial charge in [0.05, 0.1) is 5.69 Å². The number of benzene rings is 1. The van der Waals surface area contributed by atoms with Gasteiger partial charge in [-0.25, -0.2) is 4.98 Å². The summed E-state index contributed by atoms with van der Waals surface area (Å²) in [5, 5.41) is 9.02. The minimum absolute atomic E-state index is 0.445. The molecule has 0 amide bonds. The molecular formula is C22H29BClN5S. The van der Waals surface area contributed by atoms with Crippen LogP contribution in [0.5, 0.6) is 0 Å². The van der Waals surface area contributed by atoms with Crippen molar-refractivity contribution in [1.82, 2.24) is 19.5 Å². The third-order valence-corrected chi connectivity index (χ3v) is 7.02. The zero-order valence-corrected chi connectivity index (χ0v) is 19.3. The van der Waals surface area contributed by atoms with Crippen molar-refractivity contribution in [2.75, 3.05) is 36.5 Å². The fraction of sp³-hybridized carbons (Fsp3) is 0.455. The maximum atomic E-state index is 6.46. The van der Waals surface area contributed by atoms with Gasteiger partial charge in [-0.05, 0) is 48.8 Å². The molecule has 3 aromatic rings. The molecule has 30 heavy (non-hydrogen) atoms. The SMILES string of the molecule is Bc1cnn2c(NC3CCN(CCCSCC)CC3)cc(-c3ccccc3Cl)nc12. The molecule has 1 aliphatic heterocycles. The van der Waals surface area contributed by atoms with Gasteiger partial charge in [-0.1, -0.05) is 36.7 Å². The van der Waals surface area contributed by atoms with Crippen molar-refractivity contribution in [3.05, 3.63) is 41.6 Å². The van der Waals surface area contributed by atoms with E-state index in [1.54, 1.807) is 0 Å². The summed E-state index contributed by atoms with van der Waals surface area (Å²) in [7, 11) is 2.05. The van der Waals surface area contributed by atoms with E-state index in [0.29, 0.717) is 11.1 Å². The maximum absolute atomic E-state index is 6.46. The van der Waals surface area contributed by atoms with Crippen LogP contribution in [-0.2, 0) is 0 Å². The molecular weight excluding hydrogens is 413 g/mol. The lowest BCUT2D eigenvalue weighted by Crippen LogP contribution is -2.40. The van der Waals surface area contributed by atoms with Gasteiger partial charge in [0.15, 0.2) is 5.65 Å². The number of fused-ring (bicyclic) bond motifs is 1. The second-order valence-electron chi connectivity index (χ2n) is 7.88. The third-order valence-electron chi connectivity index (χ3n) is 5.70. The second kappa shape index (κ2) is 10.1. The van der Waals surface area contributed by atoms with Gasteiger partial charge in [-0.2, -0.15) is 21.4 Å². The number of anilines is 1. The van der Waals surface area contributed by atoms with Crippen molar-refractivity contribution >= 4 is 48.1 Å². The molecule has 0 atom stereocenters. The van der Waals surface area contributed by atoms with Crippen molar-refractivity contribution in [3.63, 3.8) is 0 Å². The molecule has 3 heterocycles. The zero-order chi connectivity index (χ0) is 20.9. The largest absolute Gasteiger partial charge is 0.367 e. The molecule has 1 aliphatic rings. The first-order valence-corrected chi connectivity index (χ1v) is 12.4. The fourth-order valence-corrected chi connectivity index (χ4v) is 4.88. The summed E-state index contributed by atoms with van der Waals surface area (Å²) in [6.07, 6.45) is 5.45. The fourth-order valence-electron chi connectivity index (χ4n) is 4.03. The number of hydrogen-bond acceptors (Lipinski definition) is 5. The summed E-state index contributed by atoms with van der Waals surface area (Å²) in [4.78, 5) is 7.45. The van der Waals surface area contributed by atoms with E-state index >= 15 is 0 Å². The molecule has 158 valence electrons. The van der Waals surface area contributed by atoms with Gasteiger partial charge in [0, 0.05) is 42.0 Å². The number of piperidine rings is 1. The van der Waals surface area contributed by atoms with Crippen LogP contribution in [-0.4, -0.2) is 64.5 Å². The van der Waals surface area contributed by atoms with Crippen LogP contribution in [0.1, 0.15) is 26.2 Å². The van der Waals surface area contributed by atoms with E-state index in [9.17, 15) is 0 Å². The van der Waals surface area contributed by atoms with Gasteiger partial charge in [0.1, 0.15) is 13.7 Å². The second-order valence-corrected chi connectivity index (χ2v) is 9.68. The van der Waals surface area contributed by atoms with Crippen molar-refractivity contribution in [2.45, 2.75) is 32.2 Å². The monoisotopic (exact) mass is 441 g/mol. The average molecular weight is 442 g/mol. The number of aromatic nitrogens is 3. The van der Waals surface area contributed by atoms with E-state index in [-0.39, 0.29) is 0 Å². The summed E-state index contributed by atoms with van der Waals surface area (Å²) in [5.41, 5.74) is 3.77. The summed E-state index contributed by atoms with van der Waals surface area (Å²) in [6, 6.07) is 10.4. The van der Waals surface area contributed by atoms with Crippen LogP contribution >= 0.6 is 23.4 Å². The minimum atomic E-state index is 0.445. The number of nitrogens with zero attached hydrogens (tertiary/aromatic N) is 4. The van der Waals surface area contributed by atoms with E-state index in [2.05, 4.69) is 28.3 Å². The molecule has 0 spiro atoms. The Bertz CT molecular complexity index is 987. The molecule has 5 nitrogen and oxygen atoms in total. The predicted octanol–water partition coefficient (Wildman–Crippen LogP) is 3.33. The zero-order valence-electron chi connectivity index (χ0n) is 17.8. The summed E-state index contributed by atoms with van der Waals surface area (Å²) in [6.45, 7) is 5.75. The van der Waals surface area contributed by atoms with Crippen molar-refractivity contribution < 1.29 is 0 Å². The highest BCUT2D eigenvalue weighted by atomic mass is 35.5. The number of hydrogen-bond donors (Lipinski definition) is 1. The summed E-state index contributed by atoms with van der Waals surface area (Å²) < 4.78 is 1.92. The number of rotatable bonds is 8. The van der Waals surface area contributed by atoms with E-state index < -0.39 is 0 Å². The first-order chi connectivity index (χ1) is 14.7. The molecule has 1 aromatic carbocycles. The minimum Gasteiger partial charge on any atom is -0.367 e. The third kappa shape index (κ3) is 4.95. The molecule has 4 rings (SSSR count). The molecule has 1 N–H and O–H groups in total. The highest BCUT2D eigenvalue weighted by Crippen LogP contribution is 2.29. The van der Waals surface area contributed by atoms with Crippen LogP contribution in [0, 0.1) is 0 Å². The lowest BCUT2D eigenvalue weighted by molar-refractivity contribution is 0.220. The molecule has 0 unspecified atom stereocenters. The van der Waals surface area contributed by atoms with Crippen LogP contribution in [0.2, 0.25) is 5.02 Å². The van der Waals surface area contributed by atoms with E-state index in [1.807, 2.05) is 54.6 Å². The van der Waals surface area contributed by atoms with Gasteiger partial charge >= 0.3 is 0 Å². The molecule has 1 fully saturated rings. The number of likely N-dealkylation sites (tertiary alicyclic amines) is 1.